The van der Waals surface area contributed by atoms with Gasteiger partial charge in [0.05, 0.1) is 6.10 Å². The Labute approximate surface area is 70.8 Å². The highest BCUT2D eigenvalue weighted by atomic mass is 19.1. The molecule has 0 aliphatic heterocycles. The molecule has 0 fully saturated rings. The zero-order chi connectivity index (χ0) is 8.72. The van der Waals surface area contributed by atoms with E-state index >= 15 is 0 Å². The molecule has 0 saturated heterocycles. The van der Waals surface area contributed by atoms with Gasteiger partial charge in [-0.2, -0.15) is 0 Å². The highest BCUT2D eigenvalue weighted by molar-refractivity contribution is 5.38. The van der Waals surface area contributed by atoms with Crippen LogP contribution >= 0.6 is 0 Å². The molecule has 0 spiro atoms. The number of aliphatic hydroxyl groups is 1. The van der Waals surface area contributed by atoms with Crippen LogP contribution in [0.2, 0.25) is 0 Å². The van der Waals surface area contributed by atoms with E-state index in [1.807, 2.05) is 6.07 Å². The van der Waals surface area contributed by atoms with Gasteiger partial charge in [0.1, 0.15) is 5.82 Å². The summed E-state index contributed by atoms with van der Waals surface area (Å²) in [5, 5.41) is 9.43. The molecule has 2 heteroatoms. The van der Waals surface area contributed by atoms with Gasteiger partial charge in [0, 0.05) is 0 Å². The lowest BCUT2D eigenvalue weighted by atomic mass is 10.1. The lowest BCUT2D eigenvalue weighted by Crippen LogP contribution is -1.94. The Balaban J connectivity index is 2.60. The van der Waals surface area contributed by atoms with Gasteiger partial charge in [-0.25, -0.2) is 4.39 Å². The van der Waals surface area contributed by atoms with Gasteiger partial charge in [0.15, 0.2) is 0 Å². The predicted octanol–water partition coefficient (Wildman–Crippen LogP) is 2.11. The van der Waals surface area contributed by atoms with Crippen molar-refractivity contribution in [2.24, 2.45) is 0 Å². The molecule has 0 bridgehead atoms. The van der Waals surface area contributed by atoms with Crippen molar-refractivity contribution in [1.82, 2.24) is 0 Å². The summed E-state index contributed by atoms with van der Waals surface area (Å²) in [6.45, 7) is 1.75. The van der Waals surface area contributed by atoms with Crippen molar-refractivity contribution in [3.63, 3.8) is 0 Å². The van der Waals surface area contributed by atoms with E-state index in [0.717, 1.165) is 5.56 Å². The molecule has 1 aromatic carbocycles. The maximum atomic E-state index is 13.4. The largest absolute Gasteiger partial charge is 0.388 e. The number of aryl methyl sites for hydroxylation is 1. The zero-order valence-electron chi connectivity index (χ0n) is 6.97. The molecule has 12 heavy (non-hydrogen) atoms. The molecule has 1 atom stereocenters. The van der Waals surface area contributed by atoms with E-state index in [-0.39, 0.29) is 5.82 Å². The molecule has 1 N–H and O–H groups in total. The van der Waals surface area contributed by atoms with Gasteiger partial charge in [0.25, 0.3) is 0 Å². The summed E-state index contributed by atoms with van der Waals surface area (Å²) in [5.74, 6) is -0.135. The van der Waals surface area contributed by atoms with Gasteiger partial charge in [0.2, 0.25) is 0 Å². The van der Waals surface area contributed by atoms with Crippen LogP contribution in [0.4, 0.5) is 4.39 Å². The SMILES string of the molecule is Cc1ccc2c(c1F)CCC2O. The fraction of sp³-hybridized carbons (Fsp3) is 0.400. The van der Waals surface area contributed by atoms with Gasteiger partial charge >= 0.3 is 0 Å². The number of halogens is 1. The van der Waals surface area contributed by atoms with Crippen molar-refractivity contribution in [3.8, 4) is 0 Å². The normalized spacial score (nSPS) is 21.1. The van der Waals surface area contributed by atoms with Gasteiger partial charge < -0.3 is 5.11 Å². The number of benzene rings is 1. The van der Waals surface area contributed by atoms with Gasteiger partial charge in [-0.15, -0.1) is 0 Å². The first-order chi connectivity index (χ1) is 5.70. The van der Waals surface area contributed by atoms with E-state index in [2.05, 4.69) is 0 Å². The maximum Gasteiger partial charge on any atom is 0.129 e. The van der Waals surface area contributed by atoms with Crippen LogP contribution in [0.5, 0.6) is 0 Å². The Morgan fingerprint density at radius 1 is 1.50 bits per heavy atom. The first-order valence-electron chi connectivity index (χ1n) is 4.16. The molecule has 1 aromatic rings. The van der Waals surface area contributed by atoms with E-state index in [0.29, 0.717) is 24.0 Å². The third-order valence-electron chi connectivity index (χ3n) is 2.50. The Morgan fingerprint density at radius 3 is 3.00 bits per heavy atom. The quantitative estimate of drug-likeness (QED) is 0.625. The molecule has 64 valence electrons. The van der Waals surface area contributed by atoms with Crippen molar-refractivity contribution in [2.45, 2.75) is 25.9 Å². The van der Waals surface area contributed by atoms with E-state index in [1.54, 1.807) is 13.0 Å². The average Bonchev–Trinajstić information content (AvgIpc) is 2.41. The fourth-order valence-corrected chi connectivity index (χ4v) is 1.76. The van der Waals surface area contributed by atoms with Crippen molar-refractivity contribution in [1.29, 1.82) is 0 Å². The van der Waals surface area contributed by atoms with Crippen molar-refractivity contribution >= 4 is 0 Å². The summed E-state index contributed by atoms with van der Waals surface area (Å²) < 4.78 is 13.4. The number of hydrogen-bond acceptors (Lipinski definition) is 1. The highest BCUT2D eigenvalue weighted by Gasteiger charge is 2.23. The second-order valence-corrected chi connectivity index (χ2v) is 3.32. The molecular formula is C10H11FO. The maximum absolute atomic E-state index is 13.4. The Bertz CT molecular complexity index is 320. The number of rotatable bonds is 0. The first-order valence-corrected chi connectivity index (χ1v) is 4.16. The van der Waals surface area contributed by atoms with Gasteiger partial charge in [-0.3, -0.25) is 0 Å². The number of hydrogen-bond donors (Lipinski definition) is 1. The Morgan fingerprint density at radius 2 is 2.25 bits per heavy atom. The predicted molar refractivity (Wildman–Crippen MR) is 44.4 cm³/mol. The van der Waals surface area contributed by atoms with Crippen LogP contribution in [-0.2, 0) is 6.42 Å². The highest BCUT2D eigenvalue weighted by Crippen LogP contribution is 2.33. The lowest BCUT2D eigenvalue weighted by molar-refractivity contribution is 0.180. The molecule has 1 nitrogen and oxygen atoms in total. The van der Waals surface area contributed by atoms with E-state index in [9.17, 15) is 9.50 Å². The first kappa shape index (κ1) is 7.74. The Kier molecular flexibility index (Phi) is 1.65. The molecule has 1 aliphatic rings. The third kappa shape index (κ3) is 0.950. The van der Waals surface area contributed by atoms with Crippen LogP contribution in [-0.4, -0.2) is 5.11 Å². The molecule has 0 amide bonds. The van der Waals surface area contributed by atoms with Crippen LogP contribution in [0.3, 0.4) is 0 Å². The number of aliphatic hydroxyl groups excluding tert-OH is 1. The van der Waals surface area contributed by atoms with Crippen LogP contribution in [0.25, 0.3) is 0 Å². The second kappa shape index (κ2) is 2.56. The van der Waals surface area contributed by atoms with Crippen LogP contribution in [0.1, 0.15) is 29.2 Å². The minimum Gasteiger partial charge on any atom is -0.388 e. The van der Waals surface area contributed by atoms with Crippen molar-refractivity contribution in [3.05, 3.63) is 34.6 Å². The smallest absolute Gasteiger partial charge is 0.129 e. The van der Waals surface area contributed by atoms with Crippen molar-refractivity contribution < 1.29 is 9.50 Å². The molecule has 0 radical (unpaired) electrons. The molecule has 0 aromatic heterocycles. The molecule has 1 unspecified atom stereocenters. The van der Waals surface area contributed by atoms with Gasteiger partial charge in [-0.05, 0) is 36.5 Å². The summed E-state index contributed by atoms with van der Waals surface area (Å²) in [6.07, 6.45) is 0.884. The molecule has 0 heterocycles. The second-order valence-electron chi connectivity index (χ2n) is 3.32. The molecule has 2 rings (SSSR count). The lowest BCUT2D eigenvalue weighted by Gasteiger charge is -2.05. The van der Waals surface area contributed by atoms with Crippen LogP contribution in [0.15, 0.2) is 12.1 Å². The number of fused-ring (bicyclic) bond motifs is 1. The van der Waals surface area contributed by atoms with Gasteiger partial charge in [-0.1, -0.05) is 12.1 Å². The van der Waals surface area contributed by atoms with E-state index < -0.39 is 6.10 Å². The minimum absolute atomic E-state index is 0.135. The Hall–Kier alpha value is -0.890. The van der Waals surface area contributed by atoms with Crippen molar-refractivity contribution in [2.75, 3.05) is 0 Å². The summed E-state index contributed by atoms with van der Waals surface area (Å²) >= 11 is 0. The monoisotopic (exact) mass is 166 g/mol. The van der Waals surface area contributed by atoms with Crippen LogP contribution < -0.4 is 0 Å². The standard InChI is InChI=1S/C10H11FO/c1-6-2-3-7-8(10(6)11)4-5-9(7)12/h2-3,9,12H,4-5H2,1H3. The van der Waals surface area contributed by atoms with E-state index in [4.69, 9.17) is 0 Å². The van der Waals surface area contributed by atoms with E-state index in [1.165, 1.54) is 0 Å². The summed E-state index contributed by atoms with van der Waals surface area (Å²) in [5.41, 5.74) is 2.16. The molecule has 0 saturated carbocycles. The zero-order valence-corrected chi connectivity index (χ0v) is 6.97. The third-order valence-corrected chi connectivity index (χ3v) is 2.50. The summed E-state index contributed by atoms with van der Waals surface area (Å²) in [4.78, 5) is 0. The molecule has 1 aliphatic carbocycles. The van der Waals surface area contributed by atoms with Crippen LogP contribution in [0, 0.1) is 12.7 Å². The summed E-state index contributed by atoms with van der Waals surface area (Å²) in [7, 11) is 0. The summed E-state index contributed by atoms with van der Waals surface area (Å²) in [6, 6.07) is 3.55. The average molecular weight is 166 g/mol. The molecular weight excluding hydrogens is 155 g/mol. The fourth-order valence-electron chi connectivity index (χ4n) is 1.76. The minimum atomic E-state index is -0.449. The topological polar surface area (TPSA) is 20.2 Å².